The number of rotatable bonds is 8. The zero-order valence-electron chi connectivity index (χ0n) is 23.3. The van der Waals surface area contributed by atoms with Crippen molar-refractivity contribution in [2.75, 3.05) is 11.5 Å². The average Bonchev–Trinajstić information content (AvgIpc) is 3.28. The fourth-order valence-corrected chi connectivity index (χ4v) is 6.90. The number of aryl methyl sites for hydroxylation is 2. The molecule has 7 rings (SSSR count). The summed E-state index contributed by atoms with van der Waals surface area (Å²) in [6.07, 6.45) is 6.95. The van der Waals surface area contributed by atoms with Crippen LogP contribution in [0.5, 0.6) is 11.5 Å². The summed E-state index contributed by atoms with van der Waals surface area (Å²) >= 11 is 0. The van der Waals surface area contributed by atoms with Gasteiger partial charge in [0, 0.05) is 6.42 Å². The van der Waals surface area contributed by atoms with Gasteiger partial charge in [0.25, 0.3) is 11.8 Å². The monoisotopic (exact) mass is 557 g/mol. The maximum Gasteiger partial charge on any atom is 0.266 e. The Kier molecular flexibility index (Phi) is 6.62. The number of aldehydes is 1. The smallest absolute Gasteiger partial charge is 0.266 e. The number of hydrogen-bond acceptors (Lipinski definition) is 5. The molecule has 1 aliphatic heterocycles. The van der Waals surface area contributed by atoms with Gasteiger partial charge >= 0.3 is 0 Å². The Balaban J connectivity index is 1.36. The number of unbranched alkanes of at least 4 members (excludes halogenated alkanes) is 3. The van der Waals surface area contributed by atoms with Crippen molar-refractivity contribution in [1.29, 1.82) is 0 Å². The number of ether oxygens (including phenoxy) is 1. The summed E-state index contributed by atoms with van der Waals surface area (Å²) in [6, 6.07) is 20.8. The van der Waals surface area contributed by atoms with Crippen LogP contribution >= 0.6 is 0 Å². The normalized spacial score (nSPS) is 14.5. The molecule has 1 N–H and O–H groups in total. The molecule has 2 aliphatic carbocycles. The van der Waals surface area contributed by atoms with E-state index in [1.165, 1.54) is 4.90 Å². The number of hydrogen-bond donors (Lipinski definition) is 1. The van der Waals surface area contributed by atoms with Crippen LogP contribution in [0.2, 0.25) is 0 Å². The van der Waals surface area contributed by atoms with Crippen LogP contribution in [0.4, 0.5) is 5.69 Å². The van der Waals surface area contributed by atoms with Crippen LogP contribution in [-0.4, -0.2) is 29.8 Å². The van der Waals surface area contributed by atoms with Gasteiger partial charge in [-0.25, -0.2) is 4.90 Å². The Hall–Kier alpha value is -4.71. The first-order valence-electron chi connectivity index (χ1n) is 14.7. The van der Waals surface area contributed by atoms with Crippen LogP contribution in [-0.2, 0) is 30.5 Å². The van der Waals surface area contributed by atoms with E-state index in [1.54, 1.807) is 18.2 Å². The minimum absolute atomic E-state index is 0.224. The van der Waals surface area contributed by atoms with Crippen LogP contribution < -0.4 is 9.64 Å². The summed E-state index contributed by atoms with van der Waals surface area (Å²) in [5.74, 6) is 0.524. The van der Waals surface area contributed by atoms with Crippen molar-refractivity contribution in [3.63, 3.8) is 0 Å². The highest BCUT2D eigenvalue weighted by molar-refractivity contribution is 6.36. The van der Waals surface area contributed by atoms with Crippen molar-refractivity contribution in [3.05, 3.63) is 100 Å². The van der Waals surface area contributed by atoms with Gasteiger partial charge in [0.15, 0.2) is 0 Å². The molecule has 3 aliphatic rings. The van der Waals surface area contributed by atoms with Crippen LogP contribution in [0.1, 0.15) is 68.7 Å². The van der Waals surface area contributed by atoms with E-state index < -0.39 is 0 Å². The van der Waals surface area contributed by atoms with E-state index in [9.17, 15) is 19.5 Å². The summed E-state index contributed by atoms with van der Waals surface area (Å²) in [7, 11) is 0. The topological polar surface area (TPSA) is 83.9 Å². The molecular formula is C36H31NO5. The number of phenols is 1. The molecule has 0 saturated heterocycles. The fraction of sp³-hybridized carbons (Fsp3) is 0.250. The number of nitrogens with zero attached hydrogens (tertiary/aromatic N) is 1. The minimum Gasteiger partial charge on any atom is -0.508 e. The average molecular weight is 558 g/mol. The van der Waals surface area contributed by atoms with Crippen molar-refractivity contribution in [1.82, 2.24) is 0 Å². The van der Waals surface area contributed by atoms with Gasteiger partial charge in [0.05, 0.1) is 23.4 Å². The number of carbonyl (C=O) groups excluding carboxylic acids is 3. The van der Waals surface area contributed by atoms with Crippen molar-refractivity contribution < 1.29 is 24.2 Å². The second-order valence-corrected chi connectivity index (χ2v) is 11.3. The van der Waals surface area contributed by atoms with E-state index in [2.05, 4.69) is 12.1 Å². The Morgan fingerprint density at radius 3 is 2.02 bits per heavy atom. The summed E-state index contributed by atoms with van der Waals surface area (Å²) in [5.41, 5.74) is 9.81. The second-order valence-electron chi connectivity index (χ2n) is 11.3. The molecule has 0 unspecified atom stereocenters. The molecule has 6 heteroatoms. The molecule has 0 bridgehead atoms. The quantitative estimate of drug-likeness (QED) is 0.145. The van der Waals surface area contributed by atoms with Crippen molar-refractivity contribution in [2.45, 2.75) is 51.4 Å². The number of amides is 2. The zero-order chi connectivity index (χ0) is 28.8. The molecule has 0 fully saturated rings. The molecule has 2 amide bonds. The maximum atomic E-state index is 14.1. The molecule has 0 spiro atoms. The lowest BCUT2D eigenvalue weighted by Crippen LogP contribution is -2.29. The first-order chi connectivity index (χ1) is 20.6. The molecule has 0 atom stereocenters. The Labute approximate surface area is 244 Å². The Morgan fingerprint density at radius 2 is 1.36 bits per heavy atom. The molecule has 6 nitrogen and oxygen atoms in total. The minimum atomic E-state index is -0.259. The van der Waals surface area contributed by atoms with Crippen LogP contribution in [0.15, 0.2) is 66.7 Å². The number of carbonyl (C=O) groups is 3. The predicted molar refractivity (Wildman–Crippen MR) is 161 cm³/mol. The Bertz CT molecular complexity index is 1760. The molecule has 4 aromatic carbocycles. The largest absolute Gasteiger partial charge is 0.508 e. The number of imide groups is 1. The van der Waals surface area contributed by atoms with Gasteiger partial charge in [-0.05, 0) is 126 Å². The summed E-state index contributed by atoms with van der Waals surface area (Å²) in [4.78, 5) is 40.0. The molecule has 210 valence electrons. The van der Waals surface area contributed by atoms with Crippen LogP contribution in [0, 0.1) is 0 Å². The van der Waals surface area contributed by atoms with Gasteiger partial charge in [-0.2, -0.15) is 0 Å². The van der Waals surface area contributed by atoms with E-state index in [0.717, 1.165) is 82.2 Å². The van der Waals surface area contributed by atoms with E-state index in [4.69, 9.17) is 4.74 Å². The number of benzene rings is 4. The fourth-order valence-electron chi connectivity index (χ4n) is 6.90. The van der Waals surface area contributed by atoms with Crippen molar-refractivity contribution in [3.8, 4) is 33.8 Å². The molecule has 4 aromatic rings. The van der Waals surface area contributed by atoms with Gasteiger partial charge in [0.1, 0.15) is 17.8 Å². The summed E-state index contributed by atoms with van der Waals surface area (Å²) in [6.45, 7) is 0.597. The highest BCUT2D eigenvalue weighted by atomic mass is 16.5. The third-order valence-electron chi connectivity index (χ3n) is 8.78. The van der Waals surface area contributed by atoms with Crippen molar-refractivity contribution >= 4 is 23.8 Å². The van der Waals surface area contributed by atoms with E-state index >= 15 is 0 Å². The van der Waals surface area contributed by atoms with Gasteiger partial charge in [0.2, 0.25) is 0 Å². The number of para-hydroxylation sites is 1. The number of phenolic OH excluding ortho intramolecular Hbond substituents is 1. The number of fused-ring (bicyclic) bond motifs is 10. The lowest BCUT2D eigenvalue weighted by Gasteiger charge is -2.31. The standard InChI is InChI=1S/C36H31NO5/c38-18-6-1-2-7-19-42-26-13-17-28-23(21-26)11-15-30-32(28)31-27-16-12-25(39)20-22(27)10-14-29(31)33-34(30)36(41)37(35(33)40)24-8-4-3-5-9-24/h3-5,8-9,12-13,16-18,20-21,39H,1-2,6-7,10-11,14-15,19H2. The molecular weight excluding hydrogens is 526 g/mol. The van der Waals surface area contributed by atoms with Crippen LogP contribution in [0.25, 0.3) is 22.3 Å². The molecule has 0 aromatic heterocycles. The second kappa shape index (κ2) is 10.6. The summed E-state index contributed by atoms with van der Waals surface area (Å²) < 4.78 is 6.07. The SMILES string of the molecule is O=CCCCCCOc1ccc2c(c1)CCc1c3c(c4c(c1-2)-c1ccc(O)cc1CC4)C(=O)N(c1ccccc1)C3=O. The van der Waals surface area contributed by atoms with Gasteiger partial charge in [-0.15, -0.1) is 0 Å². The molecule has 1 heterocycles. The Morgan fingerprint density at radius 1 is 0.714 bits per heavy atom. The third-order valence-corrected chi connectivity index (χ3v) is 8.78. The number of anilines is 1. The van der Waals surface area contributed by atoms with E-state index in [0.29, 0.717) is 49.1 Å². The van der Waals surface area contributed by atoms with Crippen LogP contribution in [0.3, 0.4) is 0 Å². The molecule has 42 heavy (non-hydrogen) atoms. The first kappa shape index (κ1) is 26.2. The van der Waals surface area contributed by atoms with Crippen molar-refractivity contribution in [2.24, 2.45) is 0 Å². The third kappa shape index (κ3) is 4.21. The molecule has 0 saturated carbocycles. The summed E-state index contributed by atoms with van der Waals surface area (Å²) in [5, 5.41) is 10.3. The highest BCUT2D eigenvalue weighted by Gasteiger charge is 2.44. The van der Waals surface area contributed by atoms with Gasteiger partial charge < -0.3 is 14.6 Å². The lowest BCUT2D eigenvalue weighted by molar-refractivity contribution is -0.107. The van der Waals surface area contributed by atoms with E-state index in [1.807, 2.05) is 36.4 Å². The first-order valence-corrected chi connectivity index (χ1v) is 14.7. The van der Waals surface area contributed by atoms with Gasteiger partial charge in [-0.1, -0.05) is 30.3 Å². The van der Waals surface area contributed by atoms with E-state index in [-0.39, 0.29) is 17.6 Å². The zero-order valence-corrected chi connectivity index (χ0v) is 23.3. The highest BCUT2D eigenvalue weighted by Crippen LogP contribution is 2.51. The number of aromatic hydroxyl groups is 1. The molecule has 0 radical (unpaired) electrons. The lowest BCUT2D eigenvalue weighted by atomic mass is 9.72. The predicted octanol–water partition coefficient (Wildman–Crippen LogP) is 6.86. The van der Waals surface area contributed by atoms with Gasteiger partial charge in [-0.3, -0.25) is 9.59 Å². The maximum absolute atomic E-state index is 14.1.